The Morgan fingerprint density at radius 1 is 1.24 bits per heavy atom. The van der Waals surface area contributed by atoms with Gasteiger partial charge in [0.2, 0.25) is 17.6 Å². The molecule has 0 aliphatic carbocycles. The van der Waals surface area contributed by atoms with Gasteiger partial charge in [0, 0.05) is 34.9 Å². The molecule has 0 bridgehead atoms. The molecule has 0 aromatic carbocycles. The van der Waals surface area contributed by atoms with Crippen LogP contribution < -0.4 is 21.3 Å². The highest BCUT2D eigenvalue weighted by Gasteiger charge is 2.35. The highest BCUT2D eigenvalue weighted by Crippen LogP contribution is 2.17. The monoisotopic (exact) mass is 534 g/mol. The van der Waals surface area contributed by atoms with Gasteiger partial charge in [0.1, 0.15) is 11.3 Å². The zero-order valence-corrected chi connectivity index (χ0v) is 20.7. The summed E-state index contributed by atoms with van der Waals surface area (Å²) in [5.41, 5.74) is 0.0258. The molecule has 1 aliphatic heterocycles. The third kappa shape index (κ3) is 6.62. The second kappa shape index (κ2) is 10.3. The smallest absolute Gasteiger partial charge is 0.290 e. The Hall–Kier alpha value is -3.28. The summed E-state index contributed by atoms with van der Waals surface area (Å²) in [6.07, 6.45) is 3.75. The number of halogens is 1. The van der Waals surface area contributed by atoms with E-state index in [2.05, 4.69) is 42.2 Å². The predicted octanol–water partition coefficient (Wildman–Crippen LogP) is 0.321. The number of nitrogens with one attached hydrogen (secondary N) is 4. The molecule has 4 amide bonds. The first-order valence-electron chi connectivity index (χ1n) is 10.8. The maximum absolute atomic E-state index is 12.8. The largest absolute Gasteiger partial charge is 0.356 e. The van der Waals surface area contributed by atoms with Crippen molar-refractivity contribution in [1.29, 1.82) is 0 Å². The molecule has 11 nitrogen and oxygen atoms in total. The summed E-state index contributed by atoms with van der Waals surface area (Å²) >= 11 is 3.34. The molecule has 0 saturated carbocycles. The van der Waals surface area contributed by atoms with Crippen LogP contribution in [0.25, 0.3) is 5.65 Å². The molecule has 3 rings (SSSR count). The first-order chi connectivity index (χ1) is 15.9. The van der Waals surface area contributed by atoms with E-state index >= 15 is 0 Å². The van der Waals surface area contributed by atoms with Gasteiger partial charge in [-0.2, -0.15) is 0 Å². The lowest BCUT2D eigenvalue weighted by atomic mass is 9.95. The predicted molar refractivity (Wildman–Crippen MR) is 126 cm³/mol. The van der Waals surface area contributed by atoms with Crippen LogP contribution in [0.1, 0.15) is 44.1 Å². The van der Waals surface area contributed by atoms with Crippen molar-refractivity contribution in [3.63, 3.8) is 0 Å². The van der Waals surface area contributed by atoms with Crippen LogP contribution in [-0.2, 0) is 19.2 Å². The zero-order valence-electron chi connectivity index (χ0n) is 19.1. The summed E-state index contributed by atoms with van der Waals surface area (Å²) in [5.74, 6) is -3.66. The minimum absolute atomic E-state index is 0.0107. The van der Waals surface area contributed by atoms with Gasteiger partial charge in [-0.3, -0.25) is 24.0 Å². The van der Waals surface area contributed by atoms with E-state index in [0.717, 1.165) is 4.47 Å². The average Bonchev–Trinajstić information content (AvgIpc) is 3.35. The van der Waals surface area contributed by atoms with Gasteiger partial charge in [0.15, 0.2) is 0 Å². The molecule has 34 heavy (non-hydrogen) atoms. The van der Waals surface area contributed by atoms with Crippen LogP contribution in [0.2, 0.25) is 0 Å². The van der Waals surface area contributed by atoms with Crippen LogP contribution in [-0.4, -0.2) is 63.5 Å². The molecule has 2 unspecified atom stereocenters. The van der Waals surface area contributed by atoms with Crippen molar-refractivity contribution in [2.75, 3.05) is 13.1 Å². The maximum Gasteiger partial charge on any atom is 0.290 e. The molecule has 4 N–H and O–H groups in total. The molecule has 2 atom stereocenters. The van der Waals surface area contributed by atoms with Crippen molar-refractivity contribution in [2.45, 2.75) is 45.2 Å². The minimum atomic E-state index is -1.20. The first-order valence-corrected chi connectivity index (χ1v) is 11.6. The standard InChI is InChI=1S/C22H27BrN6O5/c1-22(2,3)28-21(34)18(31)14(8-12-6-7-24-19(12)32)27-17(30)9-25-20(33)15-11-29-10-13(23)4-5-16(29)26-15/h4-5,10-12,14H,6-9H2,1-3H3,(H,24,32)(H,25,33)(H,27,30)(H,28,34). The number of pyridine rings is 1. The van der Waals surface area contributed by atoms with E-state index in [9.17, 15) is 24.0 Å². The van der Waals surface area contributed by atoms with Gasteiger partial charge in [-0.25, -0.2) is 4.98 Å². The number of amides is 4. The molecule has 2 aromatic rings. The molecule has 12 heteroatoms. The van der Waals surface area contributed by atoms with E-state index in [1.54, 1.807) is 43.5 Å². The van der Waals surface area contributed by atoms with Crippen LogP contribution >= 0.6 is 15.9 Å². The van der Waals surface area contributed by atoms with E-state index < -0.39 is 47.5 Å². The Morgan fingerprint density at radius 3 is 2.62 bits per heavy atom. The highest BCUT2D eigenvalue weighted by atomic mass is 79.9. The fourth-order valence-corrected chi connectivity index (χ4v) is 3.87. The molecule has 2 aromatic heterocycles. The number of hydrogen-bond acceptors (Lipinski definition) is 6. The van der Waals surface area contributed by atoms with Crippen LogP contribution in [0.4, 0.5) is 0 Å². The second-order valence-electron chi connectivity index (χ2n) is 9.12. The summed E-state index contributed by atoms with van der Waals surface area (Å²) in [4.78, 5) is 66.3. The second-order valence-corrected chi connectivity index (χ2v) is 10.0. The fraction of sp³-hybridized carbons (Fsp3) is 0.455. The Kier molecular flexibility index (Phi) is 7.70. The molecular formula is C22H27BrN6O5. The third-order valence-corrected chi connectivity index (χ3v) is 5.57. The first kappa shape index (κ1) is 25.3. The maximum atomic E-state index is 12.8. The Bertz CT molecular complexity index is 1140. The van der Waals surface area contributed by atoms with E-state index in [-0.39, 0.29) is 18.0 Å². The Balaban J connectivity index is 1.63. The van der Waals surface area contributed by atoms with E-state index in [4.69, 9.17) is 0 Å². The normalized spacial score (nSPS) is 16.6. The van der Waals surface area contributed by atoms with Gasteiger partial charge < -0.3 is 25.7 Å². The number of aromatic nitrogens is 2. The number of ketones is 1. The van der Waals surface area contributed by atoms with Gasteiger partial charge in [-0.15, -0.1) is 0 Å². The van der Waals surface area contributed by atoms with E-state index in [0.29, 0.717) is 18.6 Å². The lowest BCUT2D eigenvalue weighted by Crippen LogP contribution is -2.53. The summed E-state index contributed by atoms with van der Waals surface area (Å²) in [7, 11) is 0. The molecule has 1 saturated heterocycles. The molecule has 0 spiro atoms. The van der Waals surface area contributed by atoms with Gasteiger partial charge in [-0.05, 0) is 61.7 Å². The average molecular weight is 535 g/mol. The van der Waals surface area contributed by atoms with E-state index in [1.807, 2.05) is 0 Å². The van der Waals surface area contributed by atoms with Crippen LogP contribution in [0.3, 0.4) is 0 Å². The van der Waals surface area contributed by atoms with Gasteiger partial charge in [-0.1, -0.05) is 0 Å². The number of carbonyl (C=O) groups excluding carboxylic acids is 5. The van der Waals surface area contributed by atoms with Crippen molar-refractivity contribution >= 4 is 51.0 Å². The zero-order chi connectivity index (χ0) is 25.0. The number of rotatable bonds is 8. The topological polar surface area (TPSA) is 151 Å². The quantitative estimate of drug-likeness (QED) is 0.358. The van der Waals surface area contributed by atoms with Crippen LogP contribution in [0.5, 0.6) is 0 Å². The van der Waals surface area contributed by atoms with Gasteiger partial charge >= 0.3 is 0 Å². The number of imidazole rings is 1. The summed E-state index contributed by atoms with van der Waals surface area (Å²) < 4.78 is 2.47. The van der Waals surface area contributed by atoms with Gasteiger partial charge in [0.25, 0.3) is 11.8 Å². The number of carbonyl (C=O) groups is 5. The fourth-order valence-electron chi connectivity index (χ4n) is 3.52. The summed E-state index contributed by atoms with van der Waals surface area (Å²) in [6.45, 7) is 5.22. The lowest BCUT2D eigenvalue weighted by Gasteiger charge is -2.23. The number of fused-ring (bicyclic) bond motifs is 1. The highest BCUT2D eigenvalue weighted by molar-refractivity contribution is 9.10. The Morgan fingerprint density at radius 2 is 1.97 bits per heavy atom. The van der Waals surface area contributed by atoms with E-state index in [1.165, 1.54) is 6.20 Å². The Labute approximate surface area is 204 Å². The number of nitrogens with zero attached hydrogens (tertiary/aromatic N) is 2. The third-order valence-electron chi connectivity index (χ3n) is 5.10. The molecule has 182 valence electrons. The minimum Gasteiger partial charge on any atom is -0.356 e. The van der Waals surface area contributed by atoms with Crippen molar-refractivity contribution in [1.82, 2.24) is 30.7 Å². The molecule has 1 fully saturated rings. The van der Waals surface area contributed by atoms with Crippen molar-refractivity contribution in [3.05, 3.63) is 34.7 Å². The lowest BCUT2D eigenvalue weighted by molar-refractivity contribution is -0.141. The molecular weight excluding hydrogens is 508 g/mol. The summed E-state index contributed by atoms with van der Waals surface area (Å²) in [5, 5.41) is 10.2. The van der Waals surface area contributed by atoms with Crippen molar-refractivity contribution < 1.29 is 24.0 Å². The van der Waals surface area contributed by atoms with Crippen LogP contribution in [0, 0.1) is 5.92 Å². The van der Waals surface area contributed by atoms with Gasteiger partial charge in [0.05, 0.1) is 12.6 Å². The van der Waals surface area contributed by atoms with Crippen molar-refractivity contribution in [2.24, 2.45) is 5.92 Å². The van der Waals surface area contributed by atoms with Crippen molar-refractivity contribution in [3.8, 4) is 0 Å². The molecule has 3 heterocycles. The van der Waals surface area contributed by atoms with Crippen LogP contribution in [0.15, 0.2) is 29.0 Å². The number of Topliss-reactive ketones (excluding diaryl/α,β-unsaturated/α-hetero) is 1. The summed E-state index contributed by atoms with van der Waals surface area (Å²) in [6, 6.07) is 2.31. The molecule has 0 radical (unpaired) electrons. The SMILES string of the molecule is CC(C)(C)NC(=O)C(=O)C(CC1CCNC1=O)NC(=O)CNC(=O)c1cn2cc(Br)ccc2n1. The number of hydrogen-bond donors (Lipinski definition) is 4. The molecule has 1 aliphatic rings.